The van der Waals surface area contributed by atoms with Crippen molar-refractivity contribution < 1.29 is 9.59 Å². The van der Waals surface area contributed by atoms with Crippen LogP contribution < -0.4 is 5.32 Å². The van der Waals surface area contributed by atoms with E-state index < -0.39 is 0 Å². The molecule has 1 heterocycles. The van der Waals surface area contributed by atoms with Gasteiger partial charge < -0.3 is 0 Å². The van der Waals surface area contributed by atoms with Crippen LogP contribution in [0.5, 0.6) is 0 Å². The zero-order chi connectivity index (χ0) is 15.0. The van der Waals surface area contributed by atoms with Gasteiger partial charge in [-0.25, -0.2) is 0 Å². The first-order valence-electron chi connectivity index (χ1n) is 6.49. The van der Waals surface area contributed by atoms with Crippen LogP contribution in [0, 0.1) is 6.92 Å². The molecule has 2 aromatic rings. The summed E-state index contributed by atoms with van der Waals surface area (Å²) in [5, 5.41) is 2.94. The van der Waals surface area contributed by atoms with Gasteiger partial charge in [0.2, 0.25) is 0 Å². The monoisotopic (exact) mass is 297 g/mol. The molecule has 2 aromatic carbocycles. The lowest BCUT2D eigenvalue weighted by atomic mass is 9.96. The number of aryl methyl sites for hydroxylation is 1. The zero-order valence-corrected chi connectivity index (χ0v) is 12.1. The molecule has 2 amide bonds. The molecule has 0 atom stereocenters. The fourth-order valence-electron chi connectivity index (χ4n) is 2.34. The second kappa shape index (κ2) is 5.19. The molecule has 104 valence electrons. The number of benzene rings is 2. The Bertz CT molecular complexity index is 693. The number of halogens is 1. The maximum absolute atomic E-state index is 12.1. The third kappa shape index (κ3) is 2.48. The Morgan fingerprint density at radius 3 is 1.67 bits per heavy atom. The fourth-order valence-corrected chi connectivity index (χ4v) is 2.47. The molecule has 21 heavy (non-hydrogen) atoms. The van der Waals surface area contributed by atoms with Crippen LogP contribution in [-0.2, 0) is 9.59 Å². The van der Waals surface area contributed by atoms with Gasteiger partial charge in [0.25, 0.3) is 11.8 Å². The molecule has 3 rings (SSSR count). The summed E-state index contributed by atoms with van der Waals surface area (Å²) in [6, 6.07) is 14.4. The first-order valence-corrected chi connectivity index (χ1v) is 6.87. The quantitative estimate of drug-likeness (QED) is 0.865. The van der Waals surface area contributed by atoms with Crippen molar-refractivity contribution in [1.29, 1.82) is 0 Å². The van der Waals surface area contributed by atoms with Gasteiger partial charge in [-0.2, -0.15) is 0 Å². The molecular weight excluding hydrogens is 286 g/mol. The van der Waals surface area contributed by atoms with Crippen molar-refractivity contribution in [3.8, 4) is 0 Å². The fraction of sp³-hybridized carbons (Fsp3) is 0.0588. The van der Waals surface area contributed by atoms with Crippen molar-refractivity contribution in [3.05, 3.63) is 70.2 Å². The molecule has 4 heteroatoms. The Balaban J connectivity index is 2.19. The summed E-state index contributed by atoms with van der Waals surface area (Å²) in [5.41, 5.74) is 3.30. The molecule has 1 aliphatic rings. The van der Waals surface area contributed by atoms with Crippen molar-refractivity contribution in [2.75, 3.05) is 0 Å². The molecule has 3 nitrogen and oxygen atoms in total. The van der Waals surface area contributed by atoms with E-state index in [-0.39, 0.29) is 11.8 Å². The molecule has 0 aromatic heterocycles. The molecule has 1 aliphatic heterocycles. The zero-order valence-electron chi connectivity index (χ0n) is 11.3. The maximum Gasteiger partial charge on any atom is 0.259 e. The van der Waals surface area contributed by atoms with E-state index in [4.69, 9.17) is 11.6 Å². The van der Waals surface area contributed by atoms with Crippen LogP contribution in [0.4, 0.5) is 0 Å². The van der Waals surface area contributed by atoms with Gasteiger partial charge in [-0.05, 0) is 30.2 Å². The predicted molar refractivity (Wildman–Crippen MR) is 82.6 cm³/mol. The van der Waals surface area contributed by atoms with Gasteiger partial charge in [0, 0.05) is 5.02 Å². The topological polar surface area (TPSA) is 46.2 Å². The number of carbonyl (C=O) groups is 2. The minimum absolute atomic E-state index is 0.367. The Labute approximate surface area is 127 Å². The molecule has 0 bridgehead atoms. The maximum atomic E-state index is 12.1. The largest absolute Gasteiger partial charge is 0.288 e. The van der Waals surface area contributed by atoms with E-state index in [1.807, 2.05) is 31.2 Å². The highest BCUT2D eigenvalue weighted by molar-refractivity contribution is 6.49. The molecule has 0 saturated heterocycles. The van der Waals surface area contributed by atoms with Gasteiger partial charge in [0.05, 0.1) is 11.1 Å². The van der Waals surface area contributed by atoms with E-state index in [1.165, 1.54) is 0 Å². The molecule has 0 unspecified atom stereocenters. The van der Waals surface area contributed by atoms with Crippen LogP contribution in [0.3, 0.4) is 0 Å². The summed E-state index contributed by atoms with van der Waals surface area (Å²) >= 11 is 5.87. The lowest BCUT2D eigenvalue weighted by molar-refractivity contribution is -0.122. The van der Waals surface area contributed by atoms with E-state index in [9.17, 15) is 9.59 Å². The Morgan fingerprint density at radius 2 is 1.19 bits per heavy atom. The van der Waals surface area contributed by atoms with Gasteiger partial charge in [-0.1, -0.05) is 53.6 Å². The lowest BCUT2D eigenvalue weighted by Crippen LogP contribution is -2.22. The normalized spacial score (nSPS) is 14.6. The highest BCUT2D eigenvalue weighted by atomic mass is 35.5. The average Bonchev–Trinajstić information content (AvgIpc) is 2.75. The number of hydrogen-bond acceptors (Lipinski definition) is 2. The molecule has 0 radical (unpaired) electrons. The minimum atomic E-state index is -0.377. The Hall–Kier alpha value is -2.39. The minimum Gasteiger partial charge on any atom is -0.288 e. The number of carbonyl (C=O) groups excluding carboxylic acids is 2. The summed E-state index contributed by atoms with van der Waals surface area (Å²) in [7, 11) is 0. The SMILES string of the molecule is Cc1ccc(C2=C(c3ccc(Cl)cc3)C(=O)NC2=O)cc1. The second-order valence-corrected chi connectivity index (χ2v) is 5.34. The number of imide groups is 1. The van der Waals surface area contributed by atoms with E-state index >= 15 is 0 Å². The smallest absolute Gasteiger partial charge is 0.259 e. The van der Waals surface area contributed by atoms with Crippen LogP contribution in [-0.4, -0.2) is 11.8 Å². The predicted octanol–water partition coefficient (Wildman–Crippen LogP) is 3.22. The summed E-state index contributed by atoms with van der Waals surface area (Å²) in [6.45, 7) is 1.97. The summed E-state index contributed by atoms with van der Waals surface area (Å²) in [5.74, 6) is -0.744. The summed E-state index contributed by atoms with van der Waals surface area (Å²) < 4.78 is 0. The van der Waals surface area contributed by atoms with Crippen LogP contribution in [0.2, 0.25) is 5.02 Å². The van der Waals surface area contributed by atoms with Crippen molar-refractivity contribution >= 4 is 34.6 Å². The average molecular weight is 298 g/mol. The first kappa shape index (κ1) is 13.6. The van der Waals surface area contributed by atoms with Crippen LogP contribution >= 0.6 is 11.6 Å². The van der Waals surface area contributed by atoms with Crippen molar-refractivity contribution in [3.63, 3.8) is 0 Å². The first-order chi connectivity index (χ1) is 10.1. The van der Waals surface area contributed by atoms with E-state index in [2.05, 4.69) is 5.32 Å². The van der Waals surface area contributed by atoms with Crippen LogP contribution in [0.15, 0.2) is 48.5 Å². The third-order valence-corrected chi connectivity index (χ3v) is 3.66. The van der Waals surface area contributed by atoms with Crippen molar-refractivity contribution in [1.82, 2.24) is 5.32 Å². The van der Waals surface area contributed by atoms with Gasteiger partial charge in [-0.15, -0.1) is 0 Å². The molecule has 0 saturated carbocycles. The van der Waals surface area contributed by atoms with Crippen molar-refractivity contribution in [2.24, 2.45) is 0 Å². The Morgan fingerprint density at radius 1 is 0.762 bits per heavy atom. The third-order valence-electron chi connectivity index (χ3n) is 3.40. The van der Waals surface area contributed by atoms with Gasteiger partial charge in [-0.3, -0.25) is 14.9 Å². The molecule has 0 spiro atoms. The number of rotatable bonds is 2. The standard InChI is InChI=1S/C17H12ClNO2/c1-10-2-4-11(5-3-10)14-15(17(21)19-16(14)20)12-6-8-13(18)9-7-12/h2-9H,1H3,(H,19,20,21). The lowest BCUT2D eigenvalue weighted by Gasteiger charge is -2.05. The Kier molecular flexibility index (Phi) is 3.35. The van der Waals surface area contributed by atoms with Gasteiger partial charge in [0.15, 0.2) is 0 Å². The highest BCUT2D eigenvalue weighted by Gasteiger charge is 2.31. The number of amides is 2. The summed E-state index contributed by atoms with van der Waals surface area (Å²) in [6.07, 6.45) is 0. The summed E-state index contributed by atoms with van der Waals surface area (Å²) in [4.78, 5) is 24.2. The number of hydrogen-bond donors (Lipinski definition) is 1. The second-order valence-electron chi connectivity index (χ2n) is 4.91. The van der Waals surface area contributed by atoms with E-state index in [1.54, 1.807) is 24.3 Å². The van der Waals surface area contributed by atoms with Crippen LogP contribution in [0.25, 0.3) is 11.1 Å². The van der Waals surface area contributed by atoms with Gasteiger partial charge >= 0.3 is 0 Å². The molecule has 1 N–H and O–H groups in total. The van der Waals surface area contributed by atoms with E-state index in [0.717, 1.165) is 11.1 Å². The highest BCUT2D eigenvalue weighted by Crippen LogP contribution is 2.31. The molecule has 0 aliphatic carbocycles. The molecule has 0 fully saturated rings. The number of nitrogens with one attached hydrogen (secondary N) is 1. The van der Waals surface area contributed by atoms with Gasteiger partial charge in [0.1, 0.15) is 0 Å². The van der Waals surface area contributed by atoms with E-state index in [0.29, 0.717) is 21.7 Å². The van der Waals surface area contributed by atoms with Crippen molar-refractivity contribution in [2.45, 2.75) is 6.92 Å². The van der Waals surface area contributed by atoms with Crippen LogP contribution in [0.1, 0.15) is 16.7 Å². The molecular formula is C17H12ClNO2.